The van der Waals surface area contributed by atoms with E-state index in [0.29, 0.717) is 0 Å². The van der Waals surface area contributed by atoms with E-state index in [0.717, 1.165) is 34.7 Å². The molecular weight excluding hydrogens is 248 g/mol. The molecule has 2 aromatic rings. The molecule has 0 bridgehead atoms. The molecule has 0 saturated carbocycles. The first-order valence-electron chi connectivity index (χ1n) is 7.15. The van der Waals surface area contributed by atoms with E-state index in [1.54, 1.807) is 6.92 Å². The summed E-state index contributed by atoms with van der Waals surface area (Å²) in [4.78, 5) is 24.4. The lowest BCUT2D eigenvalue weighted by atomic mass is 9.74. The Bertz CT molecular complexity index is 700. The van der Waals surface area contributed by atoms with E-state index < -0.39 is 0 Å². The fourth-order valence-electron chi connectivity index (χ4n) is 3.20. The van der Waals surface area contributed by atoms with Crippen LogP contribution in [0.25, 0.3) is 10.8 Å². The number of fused-ring (bicyclic) bond motifs is 3. The van der Waals surface area contributed by atoms with Gasteiger partial charge in [-0.15, -0.1) is 0 Å². The van der Waals surface area contributed by atoms with Crippen LogP contribution in [-0.2, 0) is 11.2 Å². The Labute approximate surface area is 118 Å². The maximum Gasteiger partial charge on any atom is 0.167 e. The van der Waals surface area contributed by atoms with E-state index in [9.17, 15) is 9.59 Å². The van der Waals surface area contributed by atoms with Gasteiger partial charge in [0.2, 0.25) is 0 Å². The monoisotopic (exact) mass is 266 g/mol. The van der Waals surface area contributed by atoms with Gasteiger partial charge in [0, 0.05) is 17.4 Å². The van der Waals surface area contributed by atoms with Crippen molar-refractivity contribution in [2.75, 3.05) is 0 Å². The van der Waals surface area contributed by atoms with Gasteiger partial charge in [-0.1, -0.05) is 43.3 Å². The number of hydrogen-bond acceptors (Lipinski definition) is 2. The zero-order valence-corrected chi connectivity index (χ0v) is 11.8. The number of aryl methyl sites for hydroxylation is 1. The predicted octanol–water partition coefficient (Wildman–Crippen LogP) is 3.81. The molecule has 2 aromatic carbocycles. The number of carbonyl (C=O) groups is 2. The van der Waals surface area contributed by atoms with Gasteiger partial charge in [-0.2, -0.15) is 0 Å². The van der Waals surface area contributed by atoms with Crippen molar-refractivity contribution < 1.29 is 9.59 Å². The van der Waals surface area contributed by atoms with Gasteiger partial charge in [-0.25, -0.2) is 0 Å². The maximum absolute atomic E-state index is 12.8. The van der Waals surface area contributed by atoms with Crippen LogP contribution in [0.5, 0.6) is 0 Å². The minimum atomic E-state index is -0.186. The number of benzene rings is 2. The standard InChI is InChI=1S/C18H18O2/c1-11(12(2)19)15-10-9-14-8-7-13-5-3-4-6-16(13)17(14)18(15)20/h3-8,11,15H,9-10H2,1-2H3. The van der Waals surface area contributed by atoms with Crippen LogP contribution in [0.4, 0.5) is 0 Å². The molecule has 2 atom stereocenters. The number of Topliss-reactive ketones (excluding diaryl/α,β-unsaturated/α-hetero) is 2. The van der Waals surface area contributed by atoms with Gasteiger partial charge in [0.1, 0.15) is 5.78 Å². The second-order valence-electron chi connectivity index (χ2n) is 5.73. The first-order chi connectivity index (χ1) is 9.59. The van der Waals surface area contributed by atoms with Gasteiger partial charge in [-0.05, 0) is 36.1 Å². The van der Waals surface area contributed by atoms with Crippen LogP contribution >= 0.6 is 0 Å². The number of carbonyl (C=O) groups excluding carboxylic acids is 2. The molecule has 0 saturated heterocycles. The van der Waals surface area contributed by atoms with Gasteiger partial charge in [-0.3, -0.25) is 9.59 Å². The third kappa shape index (κ3) is 1.96. The molecule has 0 aromatic heterocycles. The molecule has 0 spiro atoms. The third-order valence-electron chi connectivity index (χ3n) is 4.57. The Morgan fingerprint density at radius 2 is 1.95 bits per heavy atom. The molecule has 0 fully saturated rings. The highest BCUT2D eigenvalue weighted by atomic mass is 16.1. The average Bonchev–Trinajstić information content (AvgIpc) is 2.46. The fourth-order valence-corrected chi connectivity index (χ4v) is 3.20. The van der Waals surface area contributed by atoms with Gasteiger partial charge < -0.3 is 0 Å². The summed E-state index contributed by atoms with van der Waals surface area (Å²) >= 11 is 0. The van der Waals surface area contributed by atoms with Crippen molar-refractivity contribution >= 4 is 22.3 Å². The summed E-state index contributed by atoms with van der Waals surface area (Å²) < 4.78 is 0. The van der Waals surface area contributed by atoms with E-state index in [4.69, 9.17) is 0 Å². The van der Waals surface area contributed by atoms with Crippen molar-refractivity contribution in [3.63, 3.8) is 0 Å². The summed E-state index contributed by atoms with van der Waals surface area (Å²) in [6, 6.07) is 12.1. The molecule has 20 heavy (non-hydrogen) atoms. The lowest BCUT2D eigenvalue weighted by Gasteiger charge is -2.27. The maximum atomic E-state index is 12.8. The second kappa shape index (κ2) is 4.86. The molecule has 2 heteroatoms. The summed E-state index contributed by atoms with van der Waals surface area (Å²) in [7, 11) is 0. The number of rotatable bonds is 2. The molecule has 0 N–H and O–H groups in total. The topological polar surface area (TPSA) is 34.1 Å². The summed E-state index contributed by atoms with van der Waals surface area (Å²) in [5.41, 5.74) is 1.97. The Balaban J connectivity index is 2.14. The summed E-state index contributed by atoms with van der Waals surface area (Å²) in [5, 5.41) is 2.12. The lowest BCUT2D eigenvalue weighted by molar-refractivity contribution is -0.121. The van der Waals surface area contributed by atoms with Crippen LogP contribution in [-0.4, -0.2) is 11.6 Å². The average molecular weight is 266 g/mol. The number of hydrogen-bond donors (Lipinski definition) is 0. The van der Waals surface area contributed by atoms with Crippen molar-refractivity contribution in [2.24, 2.45) is 11.8 Å². The summed E-state index contributed by atoms with van der Waals surface area (Å²) in [6.07, 6.45) is 1.67. The lowest BCUT2D eigenvalue weighted by Crippen LogP contribution is -2.31. The zero-order valence-electron chi connectivity index (χ0n) is 11.8. The molecule has 102 valence electrons. The SMILES string of the molecule is CC(=O)C(C)C1CCc2ccc3ccccc3c2C1=O. The normalized spacial score (nSPS) is 19.7. The fraction of sp³-hybridized carbons (Fsp3) is 0.333. The van der Waals surface area contributed by atoms with E-state index in [2.05, 4.69) is 12.1 Å². The predicted molar refractivity (Wildman–Crippen MR) is 79.9 cm³/mol. The van der Waals surface area contributed by atoms with Crippen LogP contribution in [0.3, 0.4) is 0 Å². The van der Waals surface area contributed by atoms with Gasteiger partial charge in [0.25, 0.3) is 0 Å². The Morgan fingerprint density at radius 3 is 2.70 bits per heavy atom. The van der Waals surface area contributed by atoms with Crippen molar-refractivity contribution in [2.45, 2.75) is 26.7 Å². The highest BCUT2D eigenvalue weighted by Crippen LogP contribution is 2.34. The molecule has 2 unspecified atom stereocenters. The van der Waals surface area contributed by atoms with E-state index in [-0.39, 0.29) is 23.4 Å². The molecule has 2 nitrogen and oxygen atoms in total. The zero-order chi connectivity index (χ0) is 14.3. The van der Waals surface area contributed by atoms with Crippen molar-refractivity contribution in [1.29, 1.82) is 0 Å². The van der Waals surface area contributed by atoms with Crippen molar-refractivity contribution in [3.8, 4) is 0 Å². The van der Waals surface area contributed by atoms with Gasteiger partial charge >= 0.3 is 0 Å². The second-order valence-corrected chi connectivity index (χ2v) is 5.73. The van der Waals surface area contributed by atoms with Crippen LogP contribution < -0.4 is 0 Å². The minimum absolute atomic E-state index is 0.104. The van der Waals surface area contributed by atoms with Crippen LogP contribution in [0.2, 0.25) is 0 Å². The molecular formula is C18H18O2. The highest BCUT2D eigenvalue weighted by Gasteiger charge is 2.34. The van der Waals surface area contributed by atoms with Gasteiger partial charge in [0.15, 0.2) is 5.78 Å². The molecule has 0 amide bonds. The molecule has 1 aliphatic carbocycles. The molecule has 0 aliphatic heterocycles. The molecule has 0 heterocycles. The highest BCUT2D eigenvalue weighted by molar-refractivity contribution is 6.12. The Kier molecular flexibility index (Phi) is 3.17. The molecule has 0 radical (unpaired) electrons. The van der Waals surface area contributed by atoms with Crippen LogP contribution in [0.1, 0.15) is 36.2 Å². The van der Waals surface area contributed by atoms with Crippen LogP contribution in [0, 0.1) is 11.8 Å². The van der Waals surface area contributed by atoms with E-state index in [1.807, 2.05) is 31.2 Å². The van der Waals surface area contributed by atoms with Gasteiger partial charge in [0.05, 0.1) is 0 Å². The molecule has 3 rings (SSSR count). The Hall–Kier alpha value is -1.96. The third-order valence-corrected chi connectivity index (χ3v) is 4.57. The number of ketones is 2. The smallest absolute Gasteiger partial charge is 0.167 e. The molecule has 1 aliphatic rings. The first kappa shape index (κ1) is 13.0. The van der Waals surface area contributed by atoms with Crippen molar-refractivity contribution in [1.82, 2.24) is 0 Å². The van der Waals surface area contributed by atoms with E-state index >= 15 is 0 Å². The summed E-state index contributed by atoms with van der Waals surface area (Å²) in [6.45, 7) is 3.46. The minimum Gasteiger partial charge on any atom is -0.300 e. The van der Waals surface area contributed by atoms with E-state index in [1.165, 1.54) is 0 Å². The van der Waals surface area contributed by atoms with Crippen LogP contribution in [0.15, 0.2) is 36.4 Å². The largest absolute Gasteiger partial charge is 0.300 e. The quantitative estimate of drug-likeness (QED) is 0.828. The Morgan fingerprint density at radius 1 is 1.20 bits per heavy atom. The first-order valence-corrected chi connectivity index (χ1v) is 7.15. The summed E-state index contributed by atoms with van der Waals surface area (Å²) in [5.74, 6) is -0.0989. The van der Waals surface area contributed by atoms with Crippen molar-refractivity contribution in [3.05, 3.63) is 47.5 Å².